The Morgan fingerprint density at radius 2 is 2.07 bits per heavy atom. The Bertz CT molecular complexity index is 963. The zero-order valence-corrected chi connectivity index (χ0v) is 17.1. The van der Waals surface area contributed by atoms with Crippen molar-refractivity contribution >= 4 is 45.9 Å². The SMILES string of the molecule is CCSc1nnc(NC(=O)CSc2nnc([C@H]3COc4ccccc4O3)o2)s1. The minimum Gasteiger partial charge on any atom is -0.485 e. The molecule has 0 saturated heterocycles. The zero-order chi connectivity index (χ0) is 19.3. The summed E-state index contributed by atoms with van der Waals surface area (Å²) in [7, 11) is 0. The summed E-state index contributed by atoms with van der Waals surface area (Å²) in [4.78, 5) is 12.1. The summed E-state index contributed by atoms with van der Waals surface area (Å²) in [6.07, 6.45) is -0.485. The average molecular weight is 438 g/mol. The summed E-state index contributed by atoms with van der Waals surface area (Å²) < 4.78 is 17.9. The van der Waals surface area contributed by atoms with Gasteiger partial charge in [-0.05, 0) is 17.9 Å². The molecule has 1 amide bonds. The number of amides is 1. The maximum Gasteiger partial charge on any atom is 0.277 e. The van der Waals surface area contributed by atoms with Gasteiger partial charge in [-0.1, -0.05) is 53.9 Å². The number of fused-ring (bicyclic) bond motifs is 1. The van der Waals surface area contributed by atoms with Gasteiger partial charge in [0.1, 0.15) is 6.61 Å². The normalized spacial score (nSPS) is 15.4. The number of nitrogens with one attached hydrogen (secondary N) is 1. The summed E-state index contributed by atoms with van der Waals surface area (Å²) in [5.41, 5.74) is 0. The Morgan fingerprint density at radius 3 is 2.93 bits per heavy atom. The molecule has 1 atom stereocenters. The van der Waals surface area contributed by atoms with Crippen LogP contribution in [0, 0.1) is 0 Å². The molecule has 2 aromatic heterocycles. The number of benzene rings is 1. The molecule has 1 N–H and O–H groups in total. The number of thioether (sulfide) groups is 2. The zero-order valence-electron chi connectivity index (χ0n) is 14.7. The number of carbonyl (C=O) groups is 1. The maximum absolute atomic E-state index is 12.1. The highest BCUT2D eigenvalue weighted by atomic mass is 32.2. The van der Waals surface area contributed by atoms with Gasteiger partial charge in [0.2, 0.25) is 17.1 Å². The van der Waals surface area contributed by atoms with E-state index in [1.165, 1.54) is 11.3 Å². The summed E-state index contributed by atoms with van der Waals surface area (Å²) in [5, 5.41) is 19.4. The molecule has 1 aliphatic rings. The number of para-hydroxylation sites is 2. The molecule has 0 aliphatic carbocycles. The first-order chi connectivity index (χ1) is 13.7. The van der Waals surface area contributed by atoms with Crippen molar-refractivity contribution in [3.63, 3.8) is 0 Å². The van der Waals surface area contributed by atoms with E-state index in [4.69, 9.17) is 13.9 Å². The Hall–Kier alpha value is -2.31. The van der Waals surface area contributed by atoms with Crippen LogP contribution >= 0.6 is 34.9 Å². The number of hydrogen-bond donors (Lipinski definition) is 1. The molecular weight excluding hydrogens is 422 g/mol. The minimum absolute atomic E-state index is 0.113. The van der Waals surface area contributed by atoms with Gasteiger partial charge in [0.15, 0.2) is 15.8 Å². The molecule has 1 aliphatic heterocycles. The lowest BCUT2D eigenvalue weighted by atomic mass is 10.2. The Labute approximate surface area is 172 Å². The molecule has 0 saturated carbocycles. The number of carbonyl (C=O) groups excluding carboxylic acids is 1. The summed E-state index contributed by atoms with van der Waals surface area (Å²) >= 11 is 4.06. The van der Waals surface area contributed by atoms with Crippen molar-refractivity contribution in [2.45, 2.75) is 22.6 Å². The van der Waals surface area contributed by atoms with E-state index in [0.717, 1.165) is 21.9 Å². The molecule has 0 radical (unpaired) electrons. The van der Waals surface area contributed by atoms with Crippen LogP contribution in [0.3, 0.4) is 0 Å². The lowest BCUT2D eigenvalue weighted by molar-refractivity contribution is -0.113. The Morgan fingerprint density at radius 1 is 1.21 bits per heavy atom. The number of anilines is 1. The quantitative estimate of drug-likeness (QED) is 0.436. The van der Waals surface area contributed by atoms with Crippen LogP contribution in [0.2, 0.25) is 0 Å². The van der Waals surface area contributed by atoms with Crippen molar-refractivity contribution in [3.8, 4) is 11.5 Å². The second-order valence-electron chi connectivity index (χ2n) is 5.41. The van der Waals surface area contributed by atoms with Gasteiger partial charge in [-0.15, -0.1) is 20.4 Å². The Kier molecular flexibility index (Phi) is 5.98. The van der Waals surface area contributed by atoms with Gasteiger partial charge in [-0.3, -0.25) is 10.1 Å². The predicted molar refractivity (Wildman–Crippen MR) is 105 cm³/mol. The second-order valence-corrected chi connectivity index (χ2v) is 8.83. The van der Waals surface area contributed by atoms with Crippen molar-refractivity contribution in [2.75, 3.05) is 23.4 Å². The van der Waals surface area contributed by atoms with E-state index in [2.05, 4.69) is 25.7 Å². The standard InChI is InChI=1S/C16H15N5O4S3/c1-2-26-16-21-19-14(28-16)17-12(22)8-27-15-20-18-13(25-15)11-7-23-9-5-3-4-6-10(9)24-11/h3-6,11H,2,7-8H2,1H3,(H,17,19,22)/t11-/m1/s1. The molecule has 0 spiro atoms. The van der Waals surface area contributed by atoms with Crippen molar-refractivity contribution in [3.05, 3.63) is 30.2 Å². The van der Waals surface area contributed by atoms with Gasteiger partial charge < -0.3 is 13.9 Å². The summed E-state index contributed by atoms with van der Waals surface area (Å²) in [6, 6.07) is 7.39. The van der Waals surface area contributed by atoms with Crippen LogP contribution in [0.4, 0.5) is 5.13 Å². The van der Waals surface area contributed by atoms with Gasteiger partial charge in [-0.25, -0.2) is 0 Å². The molecule has 4 rings (SSSR count). The van der Waals surface area contributed by atoms with Crippen LogP contribution in [0.25, 0.3) is 0 Å². The fraction of sp³-hybridized carbons (Fsp3) is 0.312. The van der Waals surface area contributed by atoms with E-state index >= 15 is 0 Å². The monoisotopic (exact) mass is 437 g/mol. The topological polar surface area (TPSA) is 112 Å². The van der Waals surface area contributed by atoms with Crippen LogP contribution in [-0.4, -0.2) is 44.4 Å². The van der Waals surface area contributed by atoms with Crippen LogP contribution < -0.4 is 14.8 Å². The van der Waals surface area contributed by atoms with Crippen molar-refractivity contribution in [2.24, 2.45) is 0 Å². The van der Waals surface area contributed by atoms with E-state index in [1.54, 1.807) is 11.8 Å². The van der Waals surface area contributed by atoms with Gasteiger partial charge in [-0.2, -0.15) is 0 Å². The van der Waals surface area contributed by atoms with Crippen molar-refractivity contribution < 1.29 is 18.7 Å². The molecule has 1 aromatic carbocycles. The third-order valence-corrected chi connectivity index (χ3v) is 6.13. The molecular formula is C16H15N5O4S3. The van der Waals surface area contributed by atoms with E-state index < -0.39 is 6.10 Å². The summed E-state index contributed by atoms with van der Waals surface area (Å²) in [6.45, 7) is 2.31. The molecule has 12 heteroatoms. The van der Waals surface area contributed by atoms with Crippen molar-refractivity contribution in [1.29, 1.82) is 0 Å². The molecule has 28 heavy (non-hydrogen) atoms. The van der Waals surface area contributed by atoms with Gasteiger partial charge in [0.05, 0.1) is 5.75 Å². The van der Waals surface area contributed by atoms with Crippen LogP contribution in [0.1, 0.15) is 18.9 Å². The van der Waals surface area contributed by atoms with Crippen LogP contribution in [0.15, 0.2) is 38.2 Å². The fourth-order valence-electron chi connectivity index (χ4n) is 2.27. The largest absolute Gasteiger partial charge is 0.485 e. The van der Waals surface area contributed by atoms with E-state index in [9.17, 15) is 4.79 Å². The second kappa shape index (κ2) is 8.80. The molecule has 3 aromatic rings. The van der Waals surface area contributed by atoms with Crippen LogP contribution in [-0.2, 0) is 4.79 Å². The molecule has 9 nitrogen and oxygen atoms in total. The molecule has 0 bridgehead atoms. The van der Waals surface area contributed by atoms with E-state index in [-0.39, 0.29) is 23.5 Å². The third kappa shape index (κ3) is 4.56. The number of hydrogen-bond acceptors (Lipinski definition) is 11. The average Bonchev–Trinajstić information content (AvgIpc) is 3.36. The maximum atomic E-state index is 12.1. The van der Waals surface area contributed by atoms with Crippen molar-refractivity contribution in [1.82, 2.24) is 20.4 Å². The highest BCUT2D eigenvalue weighted by Gasteiger charge is 2.27. The first-order valence-electron chi connectivity index (χ1n) is 8.32. The lowest BCUT2D eigenvalue weighted by Gasteiger charge is -2.23. The smallest absolute Gasteiger partial charge is 0.277 e. The highest BCUT2D eigenvalue weighted by Crippen LogP contribution is 2.36. The molecule has 0 unspecified atom stereocenters. The number of aromatic nitrogens is 4. The molecule has 3 heterocycles. The van der Waals surface area contributed by atoms with E-state index in [0.29, 0.717) is 22.5 Å². The van der Waals surface area contributed by atoms with Gasteiger partial charge in [0, 0.05) is 0 Å². The Balaban J connectivity index is 1.29. The fourth-order valence-corrected chi connectivity index (χ4v) is 4.51. The molecule has 0 fully saturated rings. The first kappa shape index (κ1) is 19.0. The number of rotatable bonds is 7. The number of ether oxygens (including phenoxy) is 2. The predicted octanol–water partition coefficient (Wildman–Crippen LogP) is 3.28. The first-order valence-corrected chi connectivity index (χ1v) is 11.1. The van der Waals surface area contributed by atoms with Gasteiger partial charge >= 0.3 is 0 Å². The van der Waals surface area contributed by atoms with Gasteiger partial charge in [0.25, 0.3) is 11.1 Å². The molecule has 146 valence electrons. The lowest BCUT2D eigenvalue weighted by Crippen LogP contribution is -2.21. The summed E-state index contributed by atoms with van der Waals surface area (Å²) in [5.74, 6) is 2.41. The number of nitrogens with zero attached hydrogens (tertiary/aromatic N) is 4. The van der Waals surface area contributed by atoms with E-state index in [1.807, 2.05) is 31.2 Å². The van der Waals surface area contributed by atoms with Crippen LogP contribution in [0.5, 0.6) is 11.5 Å². The minimum atomic E-state index is -0.485. The highest BCUT2D eigenvalue weighted by molar-refractivity contribution is 8.01. The third-order valence-electron chi connectivity index (χ3n) is 3.45.